The van der Waals surface area contributed by atoms with Gasteiger partial charge in [-0.25, -0.2) is 4.98 Å². The molecule has 1 aliphatic heterocycles. The van der Waals surface area contributed by atoms with Crippen LogP contribution in [0, 0.1) is 0 Å². The molecule has 1 saturated heterocycles. The van der Waals surface area contributed by atoms with Crippen LogP contribution in [0.2, 0.25) is 0 Å². The van der Waals surface area contributed by atoms with Gasteiger partial charge in [-0.1, -0.05) is 0 Å². The van der Waals surface area contributed by atoms with Gasteiger partial charge in [-0.3, -0.25) is 4.79 Å². The SMILES string of the molecule is CNCCCC(=O)Nc1cccnc1N1CCOCC1. The number of nitrogens with one attached hydrogen (secondary N) is 2. The lowest BCUT2D eigenvalue weighted by Gasteiger charge is -2.29. The molecule has 1 fully saturated rings. The van der Waals surface area contributed by atoms with Crippen molar-refractivity contribution >= 4 is 17.4 Å². The number of hydrogen-bond donors (Lipinski definition) is 2. The van der Waals surface area contributed by atoms with E-state index in [1.165, 1.54) is 0 Å². The van der Waals surface area contributed by atoms with E-state index in [2.05, 4.69) is 20.5 Å². The molecule has 0 aliphatic carbocycles. The highest BCUT2D eigenvalue weighted by Gasteiger charge is 2.16. The van der Waals surface area contributed by atoms with Crippen molar-refractivity contribution in [3.8, 4) is 0 Å². The molecule has 6 nitrogen and oxygen atoms in total. The van der Waals surface area contributed by atoms with E-state index in [0.29, 0.717) is 19.6 Å². The molecule has 1 amide bonds. The summed E-state index contributed by atoms with van der Waals surface area (Å²) in [5.41, 5.74) is 0.781. The third-order valence-electron chi connectivity index (χ3n) is 3.20. The maximum absolute atomic E-state index is 11.9. The number of rotatable bonds is 6. The number of amides is 1. The van der Waals surface area contributed by atoms with E-state index in [-0.39, 0.29) is 5.91 Å². The van der Waals surface area contributed by atoms with Crippen LogP contribution in [0.15, 0.2) is 18.3 Å². The Labute approximate surface area is 119 Å². The Morgan fingerprint density at radius 1 is 1.45 bits per heavy atom. The van der Waals surface area contributed by atoms with Gasteiger partial charge >= 0.3 is 0 Å². The summed E-state index contributed by atoms with van der Waals surface area (Å²) in [6.07, 6.45) is 3.09. The van der Waals surface area contributed by atoms with Crippen molar-refractivity contribution in [3.05, 3.63) is 18.3 Å². The van der Waals surface area contributed by atoms with Gasteiger partial charge in [0.1, 0.15) is 0 Å². The lowest BCUT2D eigenvalue weighted by atomic mass is 10.2. The summed E-state index contributed by atoms with van der Waals surface area (Å²) < 4.78 is 5.34. The number of aromatic nitrogens is 1. The zero-order valence-electron chi connectivity index (χ0n) is 11.9. The number of carbonyl (C=O) groups excluding carboxylic acids is 1. The van der Waals surface area contributed by atoms with Crippen LogP contribution in [0.1, 0.15) is 12.8 Å². The van der Waals surface area contributed by atoms with E-state index in [4.69, 9.17) is 4.74 Å². The van der Waals surface area contributed by atoms with Gasteiger partial charge < -0.3 is 20.3 Å². The number of nitrogens with zero attached hydrogens (tertiary/aromatic N) is 2. The quantitative estimate of drug-likeness (QED) is 0.755. The van der Waals surface area contributed by atoms with E-state index in [1.54, 1.807) is 6.20 Å². The van der Waals surface area contributed by atoms with E-state index >= 15 is 0 Å². The lowest BCUT2D eigenvalue weighted by molar-refractivity contribution is -0.116. The molecule has 2 N–H and O–H groups in total. The van der Waals surface area contributed by atoms with Gasteiger partial charge in [-0.05, 0) is 32.1 Å². The van der Waals surface area contributed by atoms with Gasteiger partial charge in [0.05, 0.1) is 18.9 Å². The number of hydrogen-bond acceptors (Lipinski definition) is 5. The van der Waals surface area contributed by atoms with Crippen LogP contribution in [0.3, 0.4) is 0 Å². The minimum absolute atomic E-state index is 0.0303. The zero-order chi connectivity index (χ0) is 14.2. The first-order chi connectivity index (χ1) is 9.81. The number of anilines is 2. The molecular formula is C14H22N4O2. The molecule has 1 aromatic rings. The molecule has 0 unspecified atom stereocenters. The fraction of sp³-hybridized carbons (Fsp3) is 0.571. The van der Waals surface area contributed by atoms with Crippen molar-refractivity contribution in [1.82, 2.24) is 10.3 Å². The summed E-state index contributed by atoms with van der Waals surface area (Å²) in [5.74, 6) is 0.862. The molecule has 0 atom stereocenters. The fourth-order valence-corrected chi connectivity index (χ4v) is 2.16. The topological polar surface area (TPSA) is 66.5 Å². The lowest BCUT2D eigenvalue weighted by Crippen LogP contribution is -2.37. The van der Waals surface area contributed by atoms with Crippen molar-refractivity contribution in [2.45, 2.75) is 12.8 Å². The molecule has 110 valence electrons. The Kier molecular flexibility index (Phi) is 5.76. The number of morpholine rings is 1. The Morgan fingerprint density at radius 3 is 3.00 bits per heavy atom. The predicted molar refractivity (Wildman–Crippen MR) is 79.1 cm³/mol. The second-order valence-corrected chi connectivity index (χ2v) is 4.73. The summed E-state index contributed by atoms with van der Waals surface area (Å²) in [6, 6.07) is 3.74. The molecule has 0 aromatic carbocycles. The molecule has 1 aromatic heterocycles. The van der Waals surface area contributed by atoms with E-state index in [1.807, 2.05) is 19.2 Å². The normalized spacial score (nSPS) is 15.2. The minimum atomic E-state index is 0.0303. The van der Waals surface area contributed by atoms with Gasteiger partial charge in [0.25, 0.3) is 0 Å². The molecule has 0 saturated carbocycles. The second kappa shape index (κ2) is 7.81. The van der Waals surface area contributed by atoms with Gasteiger partial charge in [0.15, 0.2) is 5.82 Å². The standard InChI is InChI=1S/C14H22N4O2/c1-15-6-3-5-13(19)17-12-4-2-7-16-14(12)18-8-10-20-11-9-18/h2,4,7,15H,3,5-6,8-11H2,1H3,(H,17,19). The first kappa shape index (κ1) is 14.7. The number of ether oxygens (including phenoxy) is 1. The molecule has 0 spiro atoms. The van der Waals surface area contributed by atoms with Gasteiger partial charge in [0, 0.05) is 25.7 Å². The third-order valence-corrected chi connectivity index (χ3v) is 3.20. The Hall–Kier alpha value is -1.66. The largest absolute Gasteiger partial charge is 0.378 e. The number of carbonyl (C=O) groups is 1. The van der Waals surface area contributed by atoms with Crippen molar-refractivity contribution in [2.75, 3.05) is 50.1 Å². The number of pyridine rings is 1. The van der Waals surface area contributed by atoms with E-state index in [9.17, 15) is 4.79 Å². The molecular weight excluding hydrogens is 256 g/mol. The Morgan fingerprint density at radius 2 is 2.25 bits per heavy atom. The van der Waals surface area contributed by atoms with Crippen LogP contribution in [0.4, 0.5) is 11.5 Å². The fourth-order valence-electron chi connectivity index (χ4n) is 2.16. The molecule has 2 rings (SSSR count). The van der Waals surface area contributed by atoms with Gasteiger partial charge in [-0.15, -0.1) is 0 Å². The van der Waals surface area contributed by atoms with Crippen molar-refractivity contribution in [2.24, 2.45) is 0 Å². The summed E-state index contributed by atoms with van der Waals surface area (Å²) >= 11 is 0. The van der Waals surface area contributed by atoms with Crippen LogP contribution < -0.4 is 15.5 Å². The molecule has 2 heterocycles. The predicted octanol–water partition coefficient (Wildman–Crippen LogP) is 0.856. The van der Waals surface area contributed by atoms with Crippen molar-refractivity contribution < 1.29 is 9.53 Å². The first-order valence-corrected chi connectivity index (χ1v) is 7.03. The highest BCUT2D eigenvalue weighted by atomic mass is 16.5. The second-order valence-electron chi connectivity index (χ2n) is 4.73. The minimum Gasteiger partial charge on any atom is -0.378 e. The maximum Gasteiger partial charge on any atom is 0.224 e. The van der Waals surface area contributed by atoms with E-state index < -0.39 is 0 Å². The molecule has 0 radical (unpaired) electrons. The smallest absolute Gasteiger partial charge is 0.224 e. The highest BCUT2D eigenvalue weighted by Crippen LogP contribution is 2.23. The summed E-state index contributed by atoms with van der Waals surface area (Å²) in [7, 11) is 1.88. The Bertz CT molecular complexity index is 433. The van der Waals surface area contributed by atoms with Crippen LogP contribution in [-0.2, 0) is 9.53 Å². The average molecular weight is 278 g/mol. The molecule has 20 heavy (non-hydrogen) atoms. The van der Waals surface area contributed by atoms with Crippen molar-refractivity contribution in [3.63, 3.8) is 0 Å². The summed E-state index contributed by atoms with van der Waals surface area (Å²) in [4.78, 5) is 18.5. The maximum atomic E-state index is 11.9. The highest BCUT2D eigenvalue weighted by molar-refractivity contribution is 5.93. The Balaban J connectivity index is 1.98. The van der Waals surface area contributed by atoms with E-state index in [0.717, 1.165) is 37.6 Å². The zero-order valence-corrected chi connectivity index (χ0v) is 11.9. The first-order valence-electron chi connectivity index (χ1n) is 7.03. The third kappa shape index (κ3) is 4.18. The van der Waals surface area contributed by atoms with Gasteiger partial charge in [-0.2, -0.15) is 0 Å². The van der Waals surface area contributed by atoms with Crippen molar-refractivity contribution in [1.29, 1.82) is 0 Å². The summed E-state index contributed by atoms with van der Waals surface area (Å²) in [6.45, 7) is 3.86. The average Bonchev–Trinajstić information content (AvgIpc) is 2.49. The van der Waals surface area contributed by atoms with Gasteiger partial charge in [0.2, 0.25) is 5.91 Å². The molecule has 1 aliphatic rings. The van der Waals surface area contributed by atoms with Crippen LogP contribution in [-0.4, -0.2) is 50.8 Å². The molecule has 6 heteroatoms. The molecule has 0 bridgehead atoms. The summed E-state index contributed by atoms with van der Waals surface area (Å²) in [5, 5.41) is 5.99. The van der Waals surface area contributed by atoms with Crippen LogP contribution in [0.5, 0.6) is 0 Å². The van der Waals surface area contributed by atoms with Crippen LogP contribution >= 0.6 is 0 Å². The van der Waals surface area contributed by atoms with Crippen LogP contribution in [0.25, 0.3) is 0 Å². The monoisotopic (exact) mass is 278 g/mol.